The number of nitrogens with zero attached hydrogens (tertiary/aromatic N) is 2. The molecule has 1 aliphatic rings. The summed E-state index contributed by atoms with van der Waals surface area (Å²) in [6.45, 7) is 0.591. The second-order valence-corrected chi connectivity index (χ2v) is 4.27. The van der Waals surface area contributed by atoms with Gasteiger partial charge in [-0.05, 0) is 31.4 Å². The maximum Gasteiger partial charge on any atom is 0.328 e. The summed E-state index contributed by atoms with van der Waals surface area (Å²) in [4.78, 5) is 29.5. The van der Waals surface area contributed by atoms with Crippen molar-refractivity contribution in [1.82, 2.24) is 9.88 Å². The molecular weight excluding hydrogens is 232 g/mol. The third-order valence-electron chi connectivity index (χ3n) is 3.15. The van der Waals surface area contributed by atoms with E-state index >= 15 is 0 Å². The number of piperidine rings is 1. The van der Waals surface area contributed by atoms with Crippen LogP contribution in [0.1, 0.15) is 29.6 Å². The highest BCUT2D eigenvalue weighted by atomic mass is 16.5. The highest BCUT2D eigenvalue weighted by molar-refractivity contribution is 5.96. The van der Waals surface area contributed by atoms with Crippen molar-refractivity contribution < 1.29 is 14.3 Å². The van der Waals surface area contributed by atoms with Crippen molar-refractivity contribution in [3.8, 4) is 0 Å². The molecule has 0 N–H and O–H groups in total. The molecule has 0 aliphatic carbocycles. The van der Waals surface area contributed by atoms with E-state index < -0.39 is 6.04 Å². The van der Waals surface area contributed by atoms with Crippen molar-refractivity contribution in [3.05, 3.63) is 30.1 Å². The Labute approximate surface area is 106 Å². The van der Waals surface area contributed by atoms with Crippen LogP contribution in [0.3, 0.4) is 0 Å². The SMILES string of the molecule is COC(=O)[C@H]1CCCCN1C(=O)c1cccnc1. The summed E-state index contributed by atoms with van der Waals surface area (Å²) in [5.41, 5.74) is 0.508. The van der Waals surface area contributed by atoms with E-state index in [-0.39, 0.29) is 11.9 Å². The van der Waals surface area contributed by atoms with Crippen LogP contribution in [0.15, 0.2) is 24.5 Å². The van der Waals surface area contributed by atoms with Gasteiger partial charge in [-0.3, -0.25) is 9.78 Å². The van der Waals surface area contributed by atoms with E-state index in [1.807, 2.05) is 0 Å². The Morgan fingerprint density at radius 1 is 1.44 bits per heavy atom. The molecule has 0 spiro atoms. The zero-order valence-electron chi connectivity index (χ0n) is 10.3. The molecule has 0 radical (unpaired) electrons. The van der Waals surface area contributed by atoms with E-state index in [9.17, 15) is 9.59 Å². The zero-order chi connectivity index (χ0) is 13.0. The minimum atomic E-state index is -0.462. The van der Waals surface area contributed by atoms with Gasteiger partial charge in [0.2, 0.25) is 0 Å². The number of carbonyl (C=O) groups excluding carboxylic acids is 2. The first-order valence-corrected chi connectivity index (χ1v) is 6.03. The van der Waals surface area contributed by atoms with Crippen molar-refractivity contribution in [3.63, 3.8) is 0 Å². The molecule has 0 saturated carbocycles. The summed E-state index contributed by atoms with van der Waals surface area (Å²) in [5.74, 6) is -0.495. The topological polar surface area (TPSA) is 59.5 Å². The molecule has 96 valence electrons. The first-order chi connectivity index (χ1) is 8.74. The average Bonchev–Trinajstić information content (AvgIpc) is 2.46. The summed E-state index contributed by atoms with van der Waals surface area (Å²) in [5, 5.41) is 0. The summed E-state index contributed by atoms with van der Waals surface area (Å²) in [7, 11) is 1.35. The molecule has 1 aromatic heterocycles. The molecule has 1 fully saturated rings. The molecule has 0 bridgehead atoms. The van der Waals surface area contributed by atoms with Crippen LogP contribution in [0.4, 0.5) is 0 Å². The fourth-order valence-electron chi connectivity index (χ4n) is 2.21. The Morgan fingerprint density at radius 2 is 2.28 bits per heavy atom. The molecule has 1 amide bonds. The van der Waals surface area contributed by atoms with Crippen molar-refractivity contribution in [2.24, 2.45) is 0 Å². The second-order valence-electron chi connectivity index (χ2n) is 4.27. The van der Waals surface area contributed by atoms with Crippen LogP contribution < -0.4 is 0 Å². The van der Waals surface area contributed by atoms with Crippen molar-refractivity contribution >= 4 is 11.9 Å². The van der Waals surface area contributed by atoms with E-state index in [4.69, 9.17) is 4.74 Å². The predicted molar refractivity (Wildman–Crippen MR) is 64.9 cm³/mol. The molecular formula is C13H16N2O3. The summed E-state index contributed by atoms with van der Waals surface area (Å²) < 4.78 is 4.76. The predicted octanol–water partition coefficient (Wildman–Crippen LogP) is 1.25. The smallest absolute Gasteiger partial charge is 0.328 e. The number of ether oxygens (including phenoxy) is 1. The number of esters is 1. The summed E-state index contributed by atoms with van der Waals surface area (Å²) in [6.07, 6.45) is 5.66. The van der Waals surface area contributed by atoms with Gasteiger partial charge in [-0.15, -0.1) is 0 Å². The minimum absolute atomic E-state index is 0.154. The molecule has 1 saturated heterocycles. The average molecular weight is 248 g/mol. The first kappa shape index (κ1) is 12.5. The summed E-state index contributed by atoms with van der Waals surface area (Å²) in [6, 6.07) is 2.96. The van der Waals surface area contributed by atoms with E-state index in [2.05, 4.69) is 4.98 Å². The Bertz CT molecular complexity index is 433. The van der Waals surface area contributed by atoms with Gasteiger partial charge in [-0.1, -0.05) is 0 Å². The molecule has 0 aromatic carbocycles. The normalized spacial score (nSPS) is 19.4. The van der Waals surface area contributed by atoms with Crippen LogP contribution in [0.25, 0.3) is 0 Å². The molecule has 1 aromatic rings. The van der Waals surface area contributed by atoms with Crippen LogP contribution in [0, 0.1) is 0 Å². The van der Waals surface area contributed by atoms with Gasteiger partial charge >= 0.3 is 5.97 Å². The van der Waals surface area contributed by atoms with Crippen LogP contribution in [0.2, 0.25) is 0 Å². The van der Waals surface area contributed by atoms with E-state index in [0.29, 0.717) is 18.5 Å². The number of hydrogen-bond donors (Lipinski definition) is 0. The Hall–Kier alpha value is -1.91. The standard InChI is InChI=1S/C13H16N2O3/c1-18-13(17)11-6-2-3-8-15(11)12(16)10-5-4-7-14-9-10/h4-5,7,9,11H,2-3,6,8H2,1H3/t11-/m1/s1. The van der Waals surface area contributed by atoms with Crippen LogP contribution in [0.5, 0.6) is 0 Å². The maximum atomic E-state index is 12.3. The van der Waals surface area contributed by atoms with Gasteiger partial charge in [0.15, 0.2) is 0 Å². The first-order valence-electron chi connectivity index (χ1n) is 6.03. The molecule has 1 aliphatic heterocycles. The third-order valence-corrected chi connectivity index (χ3v) is 3.15. The molecule has 5 heteroatoms. The number of methoxy groups -OCH3 is 1. The Morgan fingerprint density at radius 3 is 2.94 bits per heavy atom. The van der Waals surface area contributed by atoms with Gasteiger partial charge in [-0.2, -0.15) is 0 Å². The summed E-state index contributed by atoms with van der Waals surface area (Å²) >= 11 is 0. The number of rotatable bonds is 2. The number of hydrogen-bond acceptors (Lipinski definition) is 4. The zero-order valence-corrected chi connectivity index (χ0v) is 10.3. The number of likely N-dealkylation sites (tertiary alicyclic amines) is 1. The Balaban J connectivity index is 2.19. The van der Waals surface area contributed by atoms with Crippen LogP contribution in [-0.4, -0.2) is 41.5 Å². The third kappa shape index (κ3) is 2.50. The van der Waals surface area contributed by atoms with Crippen LogP contribution >= 0.6 is 0 Å². The van der Waals surface area contributed by atoms with E-state index in [1.165, 1.54) is 13.3 Å². The van der Waals surface area contributed by atoms with E-state index in [0.717, 1.165) is 12.8 Å². The highest BCUT2D eigenvalue weighted by Crippen LogP contribution is 2.20. The lowest BCUT2D eigenvalue weighted by Gasteiger charge is -2.33. The van der Waals surface area contributed by atoms with Gasteiger partial charge in [0.1, 0.15) is 6.04 Å². The maximum absolute atomic E-state index is 12.3. The Kier molecular flexibility index (Phi) is 3.92. The van der Waals surface area contributed by atoms with E-state index in [1.54, 1.807) is 23.2 Å². The van der Waals surface area contributed by atoms with Crippen molar-refractivity contribution in [1.29, 1.82) is 0 Å². The lowest BCUT2D eigenvalue weighted by atomic mass is 10.0. The van der Waals surface area contributed by atoms with Crippen LogP contribution in [-0.2, 0) is 9.53 Å². The lowest BCUT2D eigenvalue weighted by molar-refractivity contribution is -0.147. The monoisotopic (exact) mass is 248 g/mol. The molecule has 1 atom stereocenters. The quantitative estimate of drug-likeness (QED) is 0.739. The number of carbonyl (C=O) groups is 2. The molecule has 5 nitrogen and oxygen atoms in total. The van der Waals surface area contributed by atoms with Gasteiger partial charge in [0.25, 0.3) is 5.91 Å². The number of amides is 1. The van der Waals surface area contributed by atoms with Gasteiger partial charge in [0.05, 0.1) is 12.7 Å². The van der Waals surface area contributed by atoms with Gasteiger partial charge in [-0.25, -0.2) is 4.79 Å². The number of pyridine rings is 1. The van der Waals surface area contributed by atoms with Gasteiger partial charge < -0.3 is 9.64 Å². The van der Waals surface area contributed by atoms with Crippen molar-refractivity contribution in [2.75, 3.05) is 13.7 Å². The second kappa shape index (κ2) is 5.62. The molecule has 18 heavy (non-hydrogen) atoms. The fraction of sp³-hybridized carbons (Fsp3) is 0.462. The number of aromatic nitrogens is 1. The minimum Gasteiger partial charge on any atom is -0.467 e. The lowest BCUT2D eigenvalue weighted by Crippen LogP contribution is -2.48. The highest BCUT2D eigenvalue weighted by Gasteiger charge is 2.33. The largest absolute Gasteiger partial charge is 0.467 e. The van der Waals surface area contributed by atoms with Crippen molar-refractivity contribution in [2.45, 2.75) is 25.3 Å². The molecule has 0 unspecified atom stereocenters. The molecule has 2 heterocycles. The van der Waals surface area contributed by atoms with Gasteiger partial charge in [0, 0.05) is 18.9 Å². The molecule has 2 rings (SSSR count). The fourth-order valence-corrected chi connectivity index (χ4v) is 2.21.